The van der Waals surface area contributed by atoms with Crippen LogP contribution in [0.2, 0.25) is 0 Å². The van der Waals surface area contributed by atoms with Crippen molar-refractivity contribution in [2.45, 2.75) is 19.4 Å². The largest absolute Gasteiger partial charge is 0.348 e. The first-order valence-corrected chi connectivity index (χ1v) is 6.96. The van der Waals surface area contributed by atoms with E-state index in [1.54, 1.807) is 11.2 Å². The fraction of sp³-hybridized carbons (Fsp3) is 0.267. The third-order valence-corrected chi connectivity index (χ3v) is 4.07. The van der Waals surface area contributed by atoms with Gasteiger partial charge in [0.2, 0.25) is 6.41 Å². The molecule has 0 aliphatic carbocycles. The number of aromatic amines is 1. The van der Waals surface area contributed by atoms with E-state index < -0.39 is 0 Å². The first-order valence-electron chi connectivity index (χ1n) is 6.96. The summed E-state index contributed by atoms with van der Waals surface area (Å²) in [6, 6.07) is 7.86. The van der Waals surface area contributed by atoms with Gasteiger partial charge in [0.1, 0.15) is 6.04 Å². The lowest BCUT2D eigenvalue weighted by Crippen LogP contribution is -2.35. The van der Waals surface area contributed by atoms with Crippen molar-refractivity contribution >= 4 is 11.9 Å². The maximum absolute atomic E-state index is 11.4. The van der Waals surface area contributed by atoms with Gasteiger partial charge in [-0.1, -0.05) is 6.07 Å². The minimum absolute atomic E-state index is 0.211. The van der Waals surface area contributed by atoms with Gasteiger partial charge in [0.15, 0.2) is 0 Å². The van der Waals surface area contributed by atoms with Crippen molar-refractivity contribution in [2.24, 2.45) is 0 Å². The number of H-pyrrole nitrogens is 1. The maximum Gasteiger partial charge on any atom is 0.210 e. The highest BCUT2D eigenvalue weighted by molar-refractivity contribution is 5.55. The Morgan fingerprint density at radius 3 is 3.14 bits per heavy atom. The summed E-state index contributed by atoms with van der Waals surface area (Å²) in [5.41, 5.74) is 4.93. The smallest absolute Gasteiger partial charge is 0.210 e. The number of hydrogen-bond donors (Lipinski definition) is 1. The lowest BCUT2D eigenvalue weighted by Gasteiger charge is -2.30. The van der Waals surface area contributed by atoms with E-state index in [0.29, 0.717) is 6.54 Å². The molecule has 6 heteroatoms. The van der Waals surface area contributed by atoms with E-state index in [4.69, 9.17) is 0 Å². The summed E-state index contributed by atoms with van der Waals surface area (Å²) in [6.45, 7) is 2.69. The highest BCUT2D eigenvalue weighted by atomic mass is 16.1. The number of nitrogens with one attached hydrogen (secondary N) is 1. The maximum atomic E-state index is 11.4. The Hall–Kier alpha value is -2.63. The SMILES string of the molecule is Cc1cccc2cc(C3c4nc[nH]c4CCN3C=O)nn12. The second-order valence-corrected chi connectivity index (χ2v) is 5.34. The number of aryl methyl sites for hydroxylation is 1. The molecule has 1 N–H and O–H groups in total. The van der Waals surface area contributed by atoms with E-state index in [-0.39, 0.29) is 6.04 Å². The van der Waals surface area contributed by atoms with Crippen LogP contribution in [-0.2, 0) is 11.2 Å². The van der Waals surface area contributed by atoms with Crippen LogP contribution in [0, 0.1) is 6.92 Å². The number of rotatable bonds is 2. The van der Waals surface area contributed by atoms with Gasteiger partial charge in [-0.3, -0.25) is 4.79 Å². The van der Waals surface area contributed by atoms with Gasteiger partial charge >= 0.3 is 0 Å². The molecule has 0 aromatic carbocycles. The number of pyridine rings is 1. The molecule has 0 fully saturated rings. The minimum Gasteiger partial charge on any atom is -0.348 e. The van der Waals surface area contributed by atoms with Crippen molar-refractivity contribution in [1.82, 2.24) is 24.5 Å². The standard InChI is InChI=1S/C15H15N5O/c1-10-3-2-4-11-7-13(18-20(10)11)15-14-12(16-8-17-14)5-6-19(15)9-21/h2-4,7-9,15H,5-6H2,1H3,(H,16,17). The molecule has 6 nitrogen and oxygen atoms in total. The molecule has 3 aromatic heterocycles. The normalized spacial score (nSPS) is 18.0. The number of aromatic nitrogens is 4. The zero-order valence-electron chi connectivity index (χ0n) is 11.7. The Kier molecular flexibility index (Phi) is 2.57. The van der Waals surface area contributed by atoms with Crippen LogP contribution in [0.3, 0.4) is 0 Å². The van der Waals surface area contributed by atoms with Gasteiger partial charge in [-0.25, -0.2) is 9.50 Å². The van der Waals surface area contributed by atoms with Crippen LogP contribution in [0.15, 0.2) is 30.6 Å². The average molecular weight is 281 g/mol. The summed E-state index contributed by atoms with van der Waals surface area (Å²) >= 11 is 0. The Morgan fingerprint density at radius 1 is 1.43 bits per heavy atom. The first-order chi connectivity index (χ1) is 10.3. The monoisotopic (exact) mass is 281 g/mol. The molecule has 0 saturated carbocycles. The Bertz CT molecular complexity index is 818. The molecule has 4 heterocycles. The minimum atomic E-state index is -0.211. The van der Waals surface area contributed by atoms with Crippen LogP contribution in [0.5, 0.6) is 0 Å². The van der Waals surface area contributed by atoms with Crippen molar-refractivity contribution in [2.75, 3.05) is 6.54 Å². The number of nitrogens with zero attached hydrogens (tertiary/aromatic N) is 4. The van der Waals surface area contributed by atoms with E-state index in [1.165, 1.54) is 0 Å². The van der Waals surface area contributed by atoms with Gasteiger partial charge in [-0.2, -0.15) is 5.10 Å². The summed E-state index contributed by atoms with van der Waals surface area (Å²) in [5.74, 6) is 0. The Morgan fingerprint density at radius 2 is 2.33 bits per heavy atom. The number of amides is 1. The highest BCUT2D eigenvalue weighted by Crippen LogP contribution is 2.32. The zero-order chi connectivity index (χ0) is 14.4. The summed E-state index contributed by atoms with van der Waals surface area (Å²) in [4.78, 5) is 20.7. The average Bonchev–Trinajstić information content (AvgIpc) is 3.12. The van der Waals surface area contributed by atoms with E-state index >= 15 is 0 Å². The summed E-state index contributed by atoms with van der Waals surface area (Å²) in [5, 5.41) is 4.67. The van der Waals surface area contributed by atoms with E-state index in [1.807, 2.05) is 35.7 Å². The molecular formula is C15H15N5O. The van der Waals surface area contributed by atoms with Crippen molar-refractivity contribution in [1.29, 1.82) is 0 Å². The van der Waals surface area contributed by atoms with E-state index in [2.05, 4.69) is 15.1 Å². The van der Waals surface area contributed by atoms with E-state index in [9.17, 15) is 4.79 Å². The van der Waals surface area contributed by atoms with Gasteiger partial charge < -0.3 is 9.88 Å². The van der Waals surface area contributed by atoms with Crippen molar-refractivity contribution in [3.05, 3.63) is 53.4 Å². The highest BCUT2D eigenvalue weighted by Gasteiger charge is 2.32. The Labute approximate surface area is 121 Å². The third kappa shape index (κ3) is 1.75. The molecule has 1 unspecified atom stereocenters. The molecule has 21 heavy (non-hydrogen) atoms. The van der Waals surface area contributed by atoms with Crippen molar-refractivity contribution in [3.8, 4) is 0 Å². The molecule has 1 atom stereocenters. The Balaban J connectivity index is 1.90. The topological polar surface area (TPSA) is 66.3 Å². The second kappa shape index (κ2) is 4.44. The van der Waals surface area contributed by atoms with Gasteiger partial charge in [0.25, 0.3) is 0 Å². The summed E-state index contributed by atoms with van der Waals surface area (Å²) < 4.78 is 1.90. The number of carbonyl (C=O) groups excluding carboxylic acids is 1. The van der Waals surface area contributed by atoms with Crippen LogP contribution >= 0.6 is 0 Å². The van der Waals surface area contributed by atoms with Crippen LogP contribution < -0.4 is 0 Å². The number of fused-ring (bicyclic) bond motifs is 2. The number of hydrogen-bond acceptors (Lipinski definition) is 3. The molecular weight excluding hydrogens is 266 g/mol. The van der Waals surface area contributed by atoms with Gasteiger partial charge in [0, 0.05) is 24.4 Å². The van der Waals surface area contributed by atoms with Crippen molar-refractivity contribution < 1.29 is 4.79 Å². The van der Waals surface area contributed by atoms with Crippen molar-refractivity contribution in [3.63, 3.8) is 0 Å². The van der Waals surface area contributed by atoms with Crippen LogP contribution in [0.4, 0.5) is 0 Å². The lowest BCUT2D eigenvalue weighted by atomic mass is 10.0. The molecule has 106 valence electrons. The molecule has 1 amide bonds. The first kappa shape index (κ1) is 12.1. The number of carbonyl (C=O) groups is 1. The fourth-order valence-corrected chi connectivity index (χ4v) is 3.02. The molecule has 0 spiro atoms. The quantitative estimate of drug-likeness (QED) is 0.723. The lowest BCUT2D eigenvalue weighted by molar-refractivity contribution is -0.120. The zero-order valence-corrected chi connectivity index (χ0v) is 11.7. The fourth-order valence-electron chi connectivity index (χ4n) is 3.02. The molecule has 0 saturated heterocycles. The summed E-state index contributed by atoms with van der Waals surface area (Å²) in [7, 11) is 0. The van der Waals surface area contributed by atoms with Gasteiger partial charge in [-0.05, 0) is 25.1 Å². The molecule has 1 aliphatic heterocycles. The van der Waals surface area contributed by atoms with Crippen LogP contribution in [-0.4, -0.2) is 37.4 Å². The molecule has 0 radical (unpaired) electrons. The molecule has 0 bridgehead atoms. The second-order valence-electron chi connectivity index (χ2n) is 5.34. The molecule has 3 aromatic rings. The van der Waals surface area contributed by atoms with E-state index in [0.717, 1.165) is 41.1 Å². The third-order valence-electron chi connectivity index (χ3n) is 4.07. The van der Waals surface area contributed by atoms with Gasteiger partial charge in [-0.15, -0.1) is 0 Å². The number of imidazole rings is 1. The predicted molar refractivity (Wildman–Crippen MR) is 76.8 cm³/mol. The predicted octanol–water partition coefficient (Wildman–Crippen LogP) is 1.47. The molecule has 4 rings (SSSR count). The van der Waals surface area contributed by atoms with Crippen LogP contribution in [0.1, 0.15) is 28.8 Å². The summed E-state index contributed by atoms with van der Waals surface area (Å²) in [6.07, 6.45) is 3.38. The van der Waals surface area contributed by atoms with Crippen LogP contribution in [0.25, 0.3) is 5.52 Å². The molecule has 1 aliphatic rings. The van der Waals surface area contributed by atoms with Gasteiger partial charge in [0.05, 0.1) is 23.2 Å².